The zero-order chi connectivity index (χ0) is 15.0. The Balaban J connectivity index is 2.65. The van der Waals surface area contributed by atoms with Gasteiger partial charge < -0.3 is 14.8 Å². The Hall–Kier alpha value is -1.97. The van der Waals surface area contributed by atoms with Gasteiger partial charge in [-0.25, -0.2) is 4.79 Å². The Morgan fingerprint density at radius 3 is 2.50 bits per heavy atom. The van der Waals surface area contributed by atoms with Crippen LogP contribution in [0.3, 0.4) is 0 Å². The highest BCUT2D eigenvalue weighted by atomic mass is 16.6. The molecule has 1 amide bonds. The van der Waals surface area contributed by atoms with Crippen molar-refractivity contribution < 1.29 is 14.3 Å². The van der Waals surface area contributed by atoms with Crippen LogP contribution in [0.4, 0.5) is 4.79 Å². The number of carbonyl (C=O) groups excluding carboxylic acids is 1. The number of benzene rings is 1. The molecule has 0 fully saturated rings. The second-order valence-corrected chi connectivity index (χ2v) is 5.51. The molecule has 0 aliphatic carbocycles. The molecule has 4 nitrogen and oxygen atoms in total. The monoisotopic (exact) mass is 277 g/mol. The van der Waals surface area contributed by atoms with E-state index in [-0.39, 0.29) is 6.04 Å². The maximum atomic E-state index is 11.8. The number of rotatable bonds is 5. The summed E-state index contributed by atoms with van der Waals surface area (Å²) in [5, 5.41) is 2.83. The van der Waals surface area contributed by atoms with Crippen LogP contribution >= 0.6 is 0 Å². The van der Waals surface area contributed by atoms with Crippen molar-refractivity contribution in [3.05, 3.63) is 48.2 Å². The van der Waals surface area contributed by atoms with Crippen molar-refractivity contribution in [3.8, 4) is 0 Å². The lowest BCUT2D eigenvalue weighted by atomic mass is 10.1. The Kier molecular flexibility index (Phi) is 6.10. The van der Waals surface area contributed by atoms with Crippen LogP contribution in [0.5, 0.6) is 0 Å². The molecule has 1 N–H and O–H groups in total. The van der Waals surface area contributed by atoms with Gasteiger partial charge in [-0.2, -0.15) is 0 Å². The molecule has 1 rings (SSSR count). The van der Waals surface area contributed by atoms with Crippen LogP contribution in [0.15, 0.2) is 42.7 Å². The highest BCUT2D eigenvalue weighted by Gasteiger charge is 2.18. The zero-order valence-corrected chi connectivity index (χ0v) is 12.6. The number of nitrogens with one attached hydrogen (secondary N) is 1. The molecule has 1 aromatic rings. The van der Waals surface area contributed by atoms with Gasteiger partial charge in [-0.1, -0.05) is 30.3 Å². The molecule has 0 saturated heterocycles. The predicted molar refractivity (Wildman–Crippen MR) is 79.5 cm³/mol. The molecule has 0 spiro atoms. The molecule has 0 radical (unpaired) electrons. The summed E-state index contributed by atoms with van der Waals surface area (Å²) in [6, 6.07) is 9.77. The Morgan fingerprint density at radius 1 is 1.30 bits per heavy atom. The first kappa shape index (κ1) is 16.1. The summed E-state index contributed by atoms with van der Waals surface area (Å²) in [5.74, 6) is 0. The summed E-state index contributed by atoms with van der Waals surface area (Å²) in [7, 11) is 1.57. The van der Waals surface area contributed by atoms with Gasteiger partial charge in [0, 0.05) is 0 Å². The third kappa shape index (κ3) is 6.83. The molecule has 0 aliphatic rings. The van der Waals surface area contributed by atoms with Crippen molar-refractivity contribution in [2.24, 2.45) is 0 Å². The third-order valence-electron chi connectivity index (χ3n) is 2.45. The molecule has 4 heteroatoms. The molecular weight excluding hydrogens is 254 g/mol. The van der Waals surface area contributed by atoms with E-state index in [0.717, 1.165) is 5.56 Å². The smallest absolute Gasteiger partial charge is 0.408 e. The molecule has 1 aromatic carbocycles. The van der Waals surface area contributed by atoms with Crippen molar-refractivity contribution in [2.45, 2.75) is 38.8 Å². The van der Waals surface area contributed by atoms with E-state index in [1.165, 1.54) is 0 Å². The van der Waals surface area contributed by atoms with E-state index in [0.29, 0.717) is 6.42 Å². The highest BCUT2D eigenvalue weighted by molar-refractivity contribution is 5.68. The van der Waals surface area contributed by atoms with Crippen molar-refractivity contribution in [1.82, 2.24) is 5.32 Å². The van der Waals surface area contributed by atoms with E-state index in [9.17, 15) is 4.79 Å². The van der Waals surface area contributed by atoms with Gasteiger partial charge >= 0.3 is 6.09 Å². The SMILES string of the molecule is CO/C=C/[C@H](Cc1ccccc1)NC(=O)OC(C)(C)C. The number of hydrogen-bond donors (Lipinski definition) is 1. The van der Waals surface area contributed by atoms with E-state index in [4.69, 9.17) is 9.47 Å². The van der Waals surface area contributed by atoms with Gasteiger partial charge in [0.15, 0.2) is 0 Å². The third-order valence-corrected chi connectivity index (χ3v) is 2.45. The van der Waals surface area contributed by atoms with Crippen LogP contribution in [0.25, 0.3) is 0 Å². The topological polar surface area (TPSA) is 47.6 Å². The summed E-state index contributed by atoms with van der Waals surface area (Å²) in [6.45, 7) is 5.51. The standard InChI is InChI=1S/C16H23NO3/c1-16(2,3)20-15(18)17-14(10-11-19-4)12-13-8-6-5-7-9-13/h5-11,14H,12H2,1-4H3,(H,17,18)/b11-10+/t14-/m1/s1. The molecular formula is C16H23NO3. The second-order valence-electron chi connectivity index (χ2n) is 5.51. The van der Waals surface area contributed by atoms with Crippen LogP contribution in [-0.4, -0.2) is 24.8 Å². The van der Waals surface area contributed by atoms with Gasteiger partial charge in [-0.3, -0.25) is 0 Å². The molecule has 0 bridgehead atoms. The van der Waals surface area contributed by atoms with Crippen LogP contribution in [0.2, 0.25) is 0 Å². The maximum Gasteiger partial charge on any atom is 0.408 e. The van der Waals surface area contributed by atoms with Crippen LogP contribution in [0, 0.1) is 0 Å². The highest BCUT2D eigenvalue weighted by Crippen LogP contribution is 2.09. The largest absolute Gasteiger partial charge is 0.505 e. The lowest BCUT2D eigenvalue weighted by Crippen LogP contribution is -2.39. The maximum absolute atomic E-state index is 11.8. The summed E-state index contributed by atoms with van der Waals surface area (Å²) in [6.07, 6.45) is 3.61. The lowest BCUT2D eigenvalue weighted by molar-refractivity contribution is 0.0514. The first-order chi connectivity index (χ1) is 9.40. The average Bonchev–Trinajstić information content (AvgIpc) is 2.35. The van der Waals surface area contributed by atoms with Crippen LogP contribution in [-0.2, 0) is 15.9 Å². The van der Waals surface area contributed by atoms with Gasteiger partial charge in [0.2, 0.25) is 0 Å². The normalized spacial score (nSPS) is 13.0. The summed E-state index contributed by atoms with van der Waals surface area (Å²) in [5.41, 5.74) is 0.626. The fraction of sp³-hybridized carbons (Fsp3) is 0.438. The molecule has 1 atom stereocenters. The number of methoxy groups -OCH3 is 1. The van der Waals surface area contributed by atoms with Gasteiger partial charge in [-0.15, -0.1) is 0 Å². The van der Waals surface area contributed by atoms with Gasteiger partial charge in [0.25, 0.3) is 0 Å². The molecule has 0 aromatic heterocycles. The molecule has 0 aliphatic heterocycles. The Labute approximate surface area is 120 Å². The molecule has 0 heterocycles. The Bertz CT molecular complexity index is 435. The van der Waals surface area contributed by atoms with Gasteiger partial charge in [-0.05, 0) is 38.8 Å². The Morgan fingerprint density at radius 2 is 1.95 bits per heavy atom. The van der Waals surface area contributed by atoms with Crippen LogP contribution in [0.1, 0.15) is 26.3 Å². The van der Waals surface area contributed by atoms with Gasteiger partial charge in [0.1, 0.15) is 5.60 Å². The zero-order valence-electron chi connectivity index (χ0n) is 12.6. The average molecular weight is 277 g/mol. The number of alkyl carbamates (subject to hydrolysis) is 1. The van der Waals surface area contributed by atoms with Crippen molar-refractivity contribution >= 4 is 6.09 Å². The van der Waals surface area contributed by atoms with Crippen molar-refractivity contribution in [1.29, 1.82) is 0 Å². The molecule has 0 unspecified atom stereocenters. The molecule has 110 valence electrons. The molecule has 20 heavy (non-hydrogen) atoms. The first-order valence-corrected chi connectivity index (χ1v) is 6.63. The number of amides is 1. The minimum atomic E-state index is -0.508. The van der Waals surface area contributed by atoms with E-state index in [1.807, 2.05) is 51.1 Å². The van der Waals surface area contributed by atoms with Crippen LogP contribution < -0.4 is 5.32 Å². The molecule has 0 saturated carbocycles. The number of carbonyl (C=O) groups is 1. The summed E-state index contributed by atoms with van der Waals surface area (Å²) in [4.78, 5) is 11.8. The van der Waals surface area contributed by atoms with E-state index < -0.39 is 11.7 Å². The fourth-order valence-corrected chi connectivity index (χ4v) is 1.67. The predicted octanol–water partition coefficient (Wildman–Crippen LogP) is 3.28. The fourth-order valence-electron chi connectivity index (χ4n) is 1.67. The lowest BCUT2D eigenvalue weighted by Gasteiger charge is -2.22. The van der Waals surface area contributed by atoms with Crippen molar-refractivity contribution in [3.63, 3.8) is 0 Å². The van der Waals surface area contributed by atoms with Crippen molar-refractivity contribution in [2.75, 3.05) is 7.11 Å². The first-order valence-electron chi connectivity index (χ1n) is 6.63. The minimum absolute atomic E-state index is 0.174. The van der Waals surface area contributed by atoms with E-state index >= 15 is 0 Å². The van der Waals surface area contributed by atoms with E-state index in [2.05, 4.69) is 5.32 Å². The number of hydrogen-bond acceptors (Lipinski definition) is 3. The summed E-state index contributed by atoms with van der Waals surface area (Å²) < 4.78 is 10.2. The van der Waals surface area contributed by atoms with E-state index in [1.54, 1.807) is 19.4 Å². The quantitative estimate of drug-likeness (QED) is 0.840. The summed E-state index contributed by atoms with van der Waals surface area (Å²) >= 11 is 0. The van der Waals surface area contributed by atoms with Gasteiger partial charge in [0.05, 0.1) is 19.4 Å². The number of ether oxygens (including phenoxy) is 2. The minimum Gasteiger partial charge on any atom is -0.505 e. The second kappa shape index (κ2) is 7.58.